The molecule has 90 valence electrons. The Morgan fingerprint density at radius 3 is 2.81 bits per heavy atom. The topological polar surface area (TPSA) is 17.8 Å². The second kappa shape index (κ2) is 4.69. The Bertz CT molecular complexity index is 359. The van der Waals surface area contributed by atoms with Gasteiger partial charge >= 0.3 is 5.51 Å². The number of alkyl halides is 3. The third-order valence-electron chi connectivity index (χ3n) is 2.71. The number of aryl methyl sites for hydroxylation is 2. The van der Waals surface area contributed by atoms with Crippen LogP contribution < -0.4 is 0 Å². The molecule has 1 aromatic heterocycles. The molecule has 2 nitrogen and oxygen atoms in total. The van der Waals surface area contributed by atoms with E-state index in [4.69, 9.17) is 0 Å². The molecule has 1 aromatic rings. The Kier molecular flexibility index (Phi) is 3.47. The zero-order valence-electron chi connectivity index (χ0n) is 8.76. The summed E-state index contributed by atoms with van der Waals surface area (Å²) in [5.74, 6) is 0.0618. The van der Waals surface area contributed by atoms with Crippen LogP contribution in [0.5, 0.6) is 0 Å². The number of aromatic nitrogens is 2. The van der Waals surface area contributed by atoms with Crippen molar-refractivity contribution in [2.24, 2.45) is 0 Å². The molecule has 0 bridgehead atoms. The fourth-order valence-corrected chi connectivity index (χ4v) is 2.50. The normalized spacial score (nSPS) is 16.2. The lowest BCUT2D eigenvalue weighted by Gasteiger charge is -2.14. The molecule has 2 rings (SSSR count). The number of thioether (sulfide) groups is 1. The summed E-state index contributed by atoms with van der Waals surface area (Å²) in [4.78, 5) is 4.24. The van der Waals surface area contributed by atoms with E-state index in [9.17, 15) is 13.2 Å². The minimum Gasteiger partial charge on any atom is -0.333 e. The fourth-order valence-electron chi connectivity index (χ4n) is 1.98. The monoisotopic (exact) mass is 250 g/mol. The molecule has 1 heterocycles. The number of hydrogen-bond donors (Lipinski definition) is 0. The Morgan fingerprint density at radius 1 is 1.31 bits per heavy atom. The van der Waals surface area contributed by atoms with Crippen LogP contribution in [-0.2, 0) is 19.4 Å². The van der Waals surface area contributed by atoms with Crippen LogP contribution in [0.3, 0.4) is 0 Å². The van der Waals surface area contributed by atoms with E-state index in [-0.39, 0.29) is 17.5 Å². The van der Waals surface area contributed by atoms with Gasteiger partial charge in [0.05, 0.1) is 12.0 Å². The quantitative estimate of drug-likeness (QED) is 0.820. The van der Waals surface area contributed by atoms with Crippen LogP contribution in [0.4, 0.5) is 13.2 Å². The van der Waals surface area contributed by atoms with Crippen LogP contribution >= 0.6 is 11.8 Å². The van der Waals surface area contributed by atoms with Crippen LogP contribution in [0.1, 0.15) is 24.2 Å². The highest BCUT2D eigenvalue weighted by atomic mass is 32.2. The smallest absolute Gasteiger partial charge is 0.333 e. The summed E-state index contributed by atoms with van der Waals surface area (Å²) in [6.07, 6.45) is 5.85. The average Bonchev–Trinajstić information content (AvgIpc) is 2.60. The van der Waals surface area contributed by atoms with Gasteiger partial charge in [-0.25, -0.2) is 4.98 Å². The molecule has 0 aliphatic heterocycles. The van der Waals surface area contributed by atoms with Gasteiger partial charge in [-0.05, 0) is 37.4 Å². The first kappa shape index (κ1) is 11.8. The first-order chi connectivity index (χ1) is 7.56. The molecule has 0 saturated heterocycles. The predicted molar refractivity (Wildman–Crippen MR) is 57.4 cm³/mol. The van der Waals surface area contributed by atoms with Crippen LogP contribution in [0.15, 0.2) is 6.33 Å². The maximum Gasteiger partial charge on any atom is 0.441 e. The molecule has 0 saturated carbocycles. The van der Waals surface area contributed by atoms with Gasteiger partial charge in [0.1, 0.15) is 0 Å². The SMILES string of the molecule is FC(F)(F)SCCn1cnc2c1CCCC2. The lowest BCUT2D eigenvalue weighted by Crippen LogP contribution is -2.11. The summed E-state index contributed by atoms with van der Waals surface area (Å²) in [5, 5.41) is 0. The average molecular weight is 250 g/mol. The summed E-state index contributed by atoms with van der Waals surface area (Å²) < 4.78 is 37.8. The third-order valence-corrected chi connectivity index (χ3v) is 3.42. The zero-order valence-corrected chi connectivity index (χ0v) is 9.57. The molecular weight excluding hydrogens is 237 g/mol. The van der Waals surface area contributed by atoms with Crippen molar-refractivity contribution >= 4 is 11.8 Å². The van der Waals surface area contributed by atoms with Crippen molar-refractivity contribution in [2.45, 2.75) is 37.7 Å². The summed E-state index contributed by atoms with van der Waals surface area (Å²) in [6, 6.07) is 0. The molecular formula is C10H13F3N2S. The standard InChI is InChI=1S/C10H13F3N2S/c11-10(12,13)16-6-5-15-7-14-8-3-1-2-4-9(8)15/h7H,1-6H2. The maximum atomic E-state index is 12.0. The second-order valence-corrected chi connectivity index (χ2v) is 4.99. The third kappa shape index (κ3) is 2.93. The highest BCUT2D eigenvalue weighted by Crippen LogP contribution is 2.30. The molecule has 0 fully saturated rings. The molecule has 16 heavy (non-hydrogen) atoms. The molecule has 0 amide bonds. The molecule has 0 aromatic carbocycles. The Hall–Kier alpha value is -0.650. The van der Waals surface area contributed by atoms with Crippen molar-refractivity contribution in [1.82, 2.24) is 9.55 Å². The van der Waals surface area contributed by atoms with E-state index in [1.165, 1.54) is 0 Å². The van der Waals surface area contributed by atoms with Gasteiger partial charge < -0.3 is 4.57 Å². The van der Waals surface area contributed by atoms with Gasteiger partial charge in [-0.15, -0.1) is 0 Å². The second-order valence-electron chi connectivity index (χ2n) is 3.83. The molecule has 6 heteroatoms. The van der Waals surface area contributed by atoms with E-state index >= 15 is 0 Å². The van der Waals surface area contributed by atoms with E-state index < -0.39 is 5.51 Å². The number of hydrogen-bond acceptors (Lipinski definition) is 2. The molecule has 1 aliphatic carbocycles. The van der Waals surface area contributed by atoms with Crippen LogP contribution in [0.2, 0.25) is 0 Å². The van der Waals surface area contributed by atoms with Crippen molar-refractivity contribution in [3.8, 4) is 0 Å². The largest absolute Gasteiger partial charge is 0.441 e. The van der Waals surface area contributed by atoms with E-state index in [2.05, 4.69) is 4.98 Å². The summed E-state index contributed by atoms with van der Waals surface area (Å²) in [6.45, 7) is 0.395. The lowest BCUT2D eigenvalue weighted by molar-refractivity contribution is -0.0328. The van der Waals surface area contributed by atoms with Crippen molar-refractivity contribution in [3.63, 3.8) is 0 Å². The predicted octanol–water partition coefficient (Wildman–Crippen LogP) is 3.01. The summed E-state index contributed by atoms with van der Waals surface area (Å²) in [7, 11) is 0. The number of fused-ring (bicyclic) bond motifs is 1. The van der Waals surface area contributed by atoms with Crippen LogP contribution in [0, 0.1) is 0 Å². The highest BCUT2D eigenvalue weighted by molar-refractivity contribution is 8.00. The van der Waals surface area contributed by atoms with E-state index in [1.54, 1.807) is 6.33 Å². The molecule has 0 unspecified atom stereocenters. The van der Waals surface area contributed by atoms with E-state index in [0.29, 0.717) is 6.54 Å². The minimum atomic E-state index is -4.12. The maximum absolute atomic E-state index is 12.0. The van der Waals surface area contributed by atoms with E-state index in [1.807, 2.05) is 4.57 Å². The van der Waals surface area contributed by atoms with Crippen molar-refractivity contribution < 1.29 is 13.2 Å². The van der Waals surface area contributed by atoms with Gasteiger partial charge in [0.25, 0.3) is 0 Å². The van der Waals surface area contributed by atoms with Crippen molar-refractivity contribution in [3.05, 3.63) is 17.7 Å². The van der Waals surface area contributed by atoms with Gasteiger partial charge in [0.15, 0.2) is 0 Å². The van der Waals surface area contributed by atoms with Gasteiger partial charge in [0.2, 0.25) is 0 Å². The highest BCUT2D eigenvalue weighted by Gasteiger charge is 2.27. The lowest BCUT2D eigenvalue weighted by atomic mass is 10.0. The molecule has 0 atom stereocenters. The number of nitrogens with zero attached hydrogens (tertiary/aromatic N) is 2. The minimum absolute atomic E-state index is 0.0339. The summed E-state index contributed by atoms with van der Waals surface area (Å²) >= 11 is 0.0339. The molecule has 0 N–H and O–H groups in total. The summed E-state index contributed by atoms with van der Waals surface area (Å²) in [5.41, 5.74) is -1.92. The van der Waals surface area contributed by atoms with Crippen LogP contribution in [0.25, 0.3) is 0 Å². The first-order valence-corrected chi connectivity index (χ1v) is 6.28. The number of halogens is 3. The first-order valence-electron chi connectivity index (χ1n) is 5.30. The van der Waals surface area contributed by atoms with Gasteiger partial charge in [-0.3, -0.25) is 0 Å². The number of rotatable bonds is 3. The van der Waals surface area contributed by atoms with Gasteiger partial charge in [-0.1, -0.05) is 0 Å². The Morgan fingerprint density at radius 2 is 2.06 bits per heavy atom. The molecule has 1 aliphatic rings. The van der Waals surface area contributed by atoms with E-state index in [0.717, 1.165) is 37.1 Å². The zero-order chi connectivity index (χ0) is 11.6. The molecule has 0 spiro atoms. The Labute approximate surface area is 96.2 Å². The fraction of sp³-hybridized carbons (Fsp3) is 0.700. The van der Waals surface area contributed by atoms with Crippen LogP contribution in [-0.4, -0.2) is 20.8 Å². The van der Waals surface area contributed by atoms with Crippen molar-refractivity contribution in [2.75, 3.05) is 5.75 Å². The number of imidazole rings is 1. The van der Waals surface area contributed by atoms with Gasteiger partial charge in [-0.2, -0.15) is 13.2 Å². The Balaban J connectivity index is 1.92. The van der Waals surface area contributed by atoms with Crippen molar-refractivity contribution in [1.29, 1.82) is 0 Å². The molecule has 0 radical (unpaired) electrons. The van der Waals surface area contributed by atoms with Gasteiger partial charge in [0, 0.05) is 18.0 Å².